The van der Waals surface area contributed by atoms with Gasteiger partial charge in [-0.3, -0.25) is 9.59 Å². The number of aliphatic hydroxyl groups is 2. The molecule has 0 aromatic heterocycles. The number of phenolic OH excluding ortho intramolecular Hbond substituents is 5. The van der Waals surface area contributed by atoms with Crippen LogP contribution in [0.4, 0.5) is 0 Å². The molecule has 15 heteroatoms. The molecule has 4 rings (SSSR count). The quantitative estimate of drug-likeness (QED) is 0.0670. The van der Waals surface area contributed by atoms with Crippen molar-refractivity contribution in [3.05, 3.63) is 77.4 Å². The van der Waals surface area contributed by atoms with Gasteiger partial charge in [0.25, 0.3) is 0 Å². The second kappa shape index (κ2) is 15.2. The van der Waals surface area contributed by atoms with E-state index >= 15 is 0 Å². The highest BCUT2D eigenvalue weighted by atomic mass is 16.7. The Bertz CT molecular complexity index is 1730. The van der Waals surface area contributed by atoms with Gasteiger partial charge >= 0.3 is 11.9 Å². The highest BCUT2D eigenvalue weighted by Gasteiger charge is 2.48. The molecule has 7 N–H and O–H groups in total. The Kier molecular flexibility index (Phi) is 11.1. The first kappa shape index (κ1) is 35.1. The van der Waals surface area contributed by atoms with Crippen LogP contribution in [0.3, 0.4) is 0 Å². The summed E-state index contributed by atoms with van der Waals surface area (Å²) in [6, 6.07) is 10.3. The van der Waals surface area contributed by atoms with E-state index in [-0.39, 0.29) is 22.8 Å². The topological polar surface area (TPSA) is 239 Å². The third-order valence-electron chi connectivity index (χ3n) is 7.01. The lowest BCUT2D eigenvalue weighted by molar-refractivity contribution is -0.282. The molecule has 1 aliphatic heterocycles. The SMILES string of the molecule is COc1ccc(/C=C/C(=O)c2ccc(O[C@@H]3O[C@@H](COC(C)=O)[C@H](O)[C@H](O)[C@H]3OC(=O)/C=C/c3ccc(O)c(O)c3)c(O)c2O)cc1O. The lowest BCUT2D eigenvalue weighted by Gasteiger charge is -2.41. The summed E-state index contributed by atoms with van der Waals surface area (Å²) in [5.41, 5.74) is 0.388. The molecular weight excluding hydrogens is 636 g/mol. The van der Waals surface area contributed by atoms with Gasteiger partial charge in [0.15, 0.2) is 46.4 Å². The summed E-state index contributed by atoms with van der Waals surface area (Å²) in [4.78, 5) is 36.9. The molecule has 0 amide bonds. The monoisotopic (exact) mass is 668 g/mol. The molecule has 48 heavy (non-hydrogen) atoms. The van der Waals surface area contributed by atoms with Crippen molar-refractivity contribution >= 4 is 29.9 Å². The largest absolute Gasteiger partial charge is 0.504 e. The van der Waals surface area contributed by atoms with Crippen molar-refractivity contribution in [3.8, 4) is 40.2 Å². The minimum absolute atomic E-state index is 0.163. The number of rotatable bonds is 11. The first-order chi connectivity index (χ1) is 22.8. The van der Waals surface area contributed by atoms with Crippen LogP contribution >= 0.6 is 0 Å². The Labute approximate surface area is 272 Å². The third-order valence-corrected chi connectivity index (χ3v) is 7.01. The molecule has 1 saturated heterocycles. The summed E-state index contributed by atoms with van der Waals surface area (Å²) < 4.78 is 26.4. The van der Waals surface area contributed by atoms with E-state index in [4.69, 9.17) is 23.7 Å². The molecule has 1 aliphatic rings. The standard InChI is InChI=1S/C33H32O15/c1-16(34)45-15-26-30(42)31(43)32(48-27(39)12-6-18-4-9-21(36)22(37)13-18)33(47-26)46-25-11-7-19(28(40)29(25)41)20(35)8-3-17-5-10-24(44-2)23(38)14-17/h3-14,26,30-33,36-38,40-43H,15H2,1-2H3/b8-3+,12-6+/t26-,30-,31-,32+,33+/m0/s1. The van der Waals surface area contributed by atoms with Gasteiger partial charge in [0.2, 0.25) is 12.0 Å². The summed E-state index contributed by atoms with van der Waals surface area (Å²) >= 11 is 0. The maximum atomic E-state index is 12.8. The maximum Gasteiger partial charge on any atom is 0.331 e. The molecule has 0 unspecified atom stereocenters. The Balaban J connectivity index is 1.56. The molecule has 0 saturated carbocycles. The van der Waals surface area contributed by atoms with Gasteiger partial charge in [-0.15, -0.1) is 0 Å². The zero-order chi connectivity index (χ0) is 35.1. The van der Waals surface area contributed by atoms with E-state index in [0.717, 1.165) is 37.3 Å². The summed E-state index contributed by atoms with van der Waals surface area (Å²) in [6.07, 6.45) is -3.97. The van der Waals surface area contributed by atoms with Crippen molar-refractivity contribution in [3.63, 3.8) is 0 Å². The highest BCUT2D eigenvalue weighted by molar-refractivity contribution is 6.09. The van der Waals surface area contributed by atoms with Crippen LogP contribution in [0.1, 0.15) is 28.4 Å². The minimum Gasteiger partial charge on any atom is -0.504 e. The third kappa shape index (κ3) is 8.33. The number of ketones is 1. The number of methoxy groups -OCH3 is 1. The van der Waals surface area contributed by atoms with Crippen molar-refractivity contribution in [2.24, 2.45) is 0 Å². The van der Waals surface area contributed by atoms with E-state index in [0.29, 0.717) is 11.1 Å². The van der Waals surface area contributed by atoms with Crippen molar-refractivity contribution in [2.75, 3.05) is 13.7 Å². The first-order valence-electron chi connectivity index (χ1n) is 14.2. The lowest BCUT2D eigenvalue weighted by Crippen LogP contribution is -2.61. The van der Waals surface area contributed by atoms with E-state index in [9.17, 15) is 50.1 Å². The normalized spacial score (nSPS) is 20.8. The Morgan fingerprint density at radius 2 is 1.44 bits per heavy atom. The molecule has 0 bridgehead atoms. The van der Waals surface area contributed by atoms with Gasteiger partial charge in [-0.25, -0.2) is 4.79 Å². The van der Waals surface area contributed by atoms with Gasteiger partial charge in [0, 0.05) is 13.0 Å². The number of carbonyl (C=O) groups is 3. The molecular formula is C33H32O15. The molecule has 3 aromatic carbocycles. The summed E-state index contributed by atoms with van der Waals surface area (Å²) in [7, 11) is 1.38. The number of aliphatic hydroxyl groups excluding tert-OH is 2. The van der Waals surface area contributed by atoms with Crippen molar-refractivity contribution in [1.82, 2.24) is 0 Å². The van der Waals surface area contributed by atoms with Gasteiger partial charge in [0.1, 0.15) is 24.9 Å². The Morgan fingerprint density at radius 1 is 0.792 bits per heavy atom. The Morgan fingerprint density at radius 3 is 2.08 bits per heavy atom. The minimum atomic E-state index is -1.88. The second-order valence-electron chi connectivity index (χ2n) is 10.4. The molecule has 0 radical (unpaired) electrons. The number of phenols is 5. The fraction of sp³-hybridized carbons (Fsp3) is 0.242. The van der Waals surface area contributed by atoms with E-state index in [1.54, 1.807) is 6.07 Å². The van der Waals surface area contributed by atoms with Gasteiger partial charge in [0.05, 0.1) is 12.7 Å². The molecule has 5 atom stereocenters. The van der Waals surface area contributed by atoms with Gasteiger partial charge in [-0.05, 0) is 59.7 Å². The van der Waals surface area contributed by atoms with E-state index < -0.39 is 78.0 Å². The maximum absolute atomic E-state index is 12.8. The van der Waals surface area contributed by atoms with Gasteiger partial charge in [-0.1, -0.05) is 18.2 Å². The highest BCUT2D eigenvalue weighted by Crippen LogP contribution is 2.40. The number of carbonyl (C=O) groups excluding carboxylic acids is 3. The second-order valence-corrected chi connectivity index (χ2v) is 10.4. The molecule has 15 nitrogen and oxygen atoms in total. The first-order valence-corrected chi connectivity index (χ1v) is 14.2. The number of ether oxygens (including phenoxy) is 5. The number of esters is 2. The van der Waals surface area contributed by atoms with E-state index in [1.165, 1.54) is 43.5 Å². The van der Waals surface area contributed by atoms with Crippen LogP contribution in [-0.2, 0) is 23.8 Å². The Hall–Kier alpha value is -5.77. The van der Waals surface area contributed by atoms with Crippen LogP contribution in [0, 0.1) is 0 Å². The van der Waals surface area contributed by atoms with Crippen LogP contribution in [0.5, 0.6) is 40.2 Å². The number of aromatic hydroxyl groups is 5. The molecule has 1 heterocycles. The van der Waals surface area contributed by atoms with Crippen LogP contribution < -0.4 is 9.47 Å². The number of hydrogen-bond donors (Lipinski definition) is 7. The predicted molar refractivity (Wildman–Crippen MR) is 164 cm³/mol. The van der Waals surface area contributed by atoms with Crippen LogP contribution in [0.2, 0.25) is 0 Å². The van der Waals surface area contributed by atoms with E-state index in [2.05, 4.69) is 0 Å². The molecule has 1 fully saturated rings. The summed E-state index contributed by atoms with van der Waals surface area (Å²) in [6.45, 7) is 0.561. The number of allylic oxidation sites excluding steroid dienone is 1. The van der Waals surface area contributed by atoms with Gasteiger partial charge in [-0.2, -0.15) is 0 Å². The lowest BCUT2D eigenvalue weighted by atomic mass is 9.99. The number of hydrogen-bond acceptors (Lipinski definition) is 15. The van der Waals surface area contributed by atoms with Crippen LogP contribution in [0.15, 0.2) is 60.7 Å². The summed E-state index contributed by atoms with van der Waals surface area (Å²) in [5, 5.41) is 71.9. The average Bonchev–Trinajstić information content (AvgIpc) is 3.05. The molecule has 254 valence electrons. The van der Waals surface area contributed by atoms with Crippen molar-refractivity contribution in [1.29, 1.82) is 0 Å². The fourth-order valence-electron chi connectivity index (χ4n) is 4.50. The predicted octanol–water partition coefficient (Wildman–Crippen LogP) is 2.13. The smallest absolute Gasteiger partial charge is 0.331 e. The molecule has 3 aromatic rings. The number of benzene rings is 3. The van der Waals surface area contributed by atoms with Crippen LogP contribution in [0.25, 0.3) is 12.2 Å². The van der Waals surface area contributed by atoms with Crippen molar-refractivity contribution in [2.45, 2.75) is 37.6 Å². The van der Waals surface area contributed by atoms with Crippen LogP contribution in [-0.4, -0.2) is 97.9 Å². The summed E-state index contributed by atoms with van der Waals surface area (Å²) in [5.74, 6) is -5.59. The molecule has 0 spiro atoms. The van der Waals surface area contributed by atoms with Gasteiger partial charge < -0.3 is 59.4 Å². The zero-order valence-corrected chi connectivity index (χ0v) is 25.4. The van der Waals surface area contributed by atoms with E-state index in [1.807, 2.05) is 0 Å². The zero-order valence-electron chi connectivity index (χ0n) is 25.4. The van der Waals surface area contributed by atoms with Crippen molar-refractivity contribution < 1.29 is 73.8 Å². The fourth-order valence-corrected chi connectivity index (χ4v) is 4.50. The molecule has 0 aliphatic carbocycles. The average molecular weight is 669 g/mol.